The zero-order valence-corrected chi connectivity index (χ0v) is 17.9. The van der Waals surface area contributed by atoms with Gasteiger partial charge in [0.1, 0.15) is 0 Å². The first-order valence-corrected chi connectivity index (χ1v) is 10.3. The third-order valence-corrected chi connectivity index (χ3v) is 5.68. The number of nitrogens with zero attached hydrogens (tertiary/aromatic N) is 2. The van der Waals surface area contributed by atoms with Gasteiger partial charge >= 0.3 is 0 Å². The molecule has 0 spiro atoms. The summed E-state index contributed by atoms with van der Waals surface area (Å²) >= 11 is 0. The van der Waals surface area contributed by atoms with Gasteiger partial charge in [0.05, 0.1) is 11.7 Å². The number of aromatic amines is 1. The lowest BCUT2D eigenvalue weighted by molar-refractivity contribution is -0.121. The molecule has 3 aromatic rings. The molecule has 3 rings (SSSR count). The second-order valence-electron chi connectivity index (χ2n) is 8.38. The fraction of sp³-hybridized carbons (Fsp3) is 0.417. The van der Waals surface area contributed by atoms with Gasteiger partial charge in [-0.15, -0.1) is 0 Å². The molecule has 2 unspecified atom stereocenters. The molecule has 0 saturated heterocycles. The van der Waals surface area contributed by atoms with Gasteiger partial charge in [0.25, 0.3) is 0 Å². The maximum absolute atomic E-state index is 12.7. The van der Waals surface area contributed by atoms with Crippen LogP contribution in [0.25, 0.3) is 10.9 Å². The predicted molar refractivity (Wildman–Crippen MR) is 119 cm³/mol. The third kappa shape index (κ3) is 5.67. The van der Waals surface area contributed by atoms with Crippen molar-refractivity contribution in [3.05, 3.63) is 65.9 Å². The van der Waals surface area contributed by atoms with Gasteiger partial charge in [-0.1, -0.05) is 50.2 Å². The van der Waals surface area contributed by atoms with Crippen molar-refractivity contribution in [1.29, 1.82) is 0 Å². The second kappa shape index (κ2) is 9.70. The van der Waals surface area contributed by atoms with Crippen molar-refractivity contribution in [2.75, 3.05) is 20.6 Å². The highest BCUT2D eigenvalue weighted by atomic mass is 16.1. The molecule has 5 nitrogen and oxygen atoms in total. The monoisotopic (exact) mass is 392 g/mol. The smallest absolute Gasteiger partial charge is 0.220 e. The first-order chi connectivity index (χ1) is 13.9. The molecule has 0 aliphatic carbocycles. The van der Waals surface area contributed by atoms with E-state index in [1.807, 2.05) is 24.4 Å². The van der Waals surface area contributed by atoms with Crippen LogP contribution in [-0.2, 0) is 11.2 Å². The number of rotatable bonds is 9. The van der Waals surface area contributed by atoms with Crippen LogP contribution in [0.4, 0.5) is 0 Å². The van der Waals surface area contributed by atoms with E-state index in [1.54, 1.807) is 0 Å². The van der Waals surface area contributed by atoms with E-state index < -0.39 is 0 Å². The van der Waals surface area contributed by atoms with Gasteiger partial charge in [-0.3, -0.25) is 9.89 Å². The van der Waals surface area contributed by atoms with Gasteiger partial charge in [0.15, 0.2) is 0 Å². The molecule has 2 aromatic carbocycles. The maximum atomic E-state index is 12.7. The Morgan fingerprint density at radius 3 is 2.59 bits per heavy atom. The average Bonchev–Trinajstić information content (AvgIpc) is 3.17. The highest BCUT2D eigenvalue weighted by Crippen LogP contribution is 2.27. The molecule has 2 atom stereocenters. The molecule has 154 valence electrons. The van der Waals surface area contributed by atoms with E-state index in [2.05, 4.69) is 78.7 Å². The van der Waals surface area contributed by atoms with E-state index in [9.17, 15) is 4.79 Å². The summed E-state index contributed by atoms with van der Waals surface area (Å²) < 4.78 is 0. The number of hydrogen-bond donors (Lipinski definition) is 2. The van der Waals surface area contributed by atoms with Crippen molar-refractivity contribution in [2.45, 2.75) is 38.6 Å². The molecule has 0 saturated carbocycles. The molecule has 2 N–H and O–H groups in total. The minimum Gasteiger partial charge on any atom is -0.355 e. The first kappa shape index (κ1) is 21.1. The van der Waals surface area contributed by atoms with E-state index in [0.29, 0.717) is 18.9 Å². The Morgan fingerprint density at radius 1 is 1.14 bits per heavy atom. The van der Waals surface area contributed by atoms with Crippen LogP contribution >= 0.6 is 0 Å². The van der Waals surface area contributed by atoms with Crippen molar-refractivity contribution >= 4 is 16.8 Å². The Morgan fingerprint density at radius 2 is 1.90 bits per heavy atom. The summed E-state index contributed by atoms with van der Waals surface area (Å²) in [5.74, 6) is 0.761. The van der Waals surface area contributed by atoms with Gasteiger partial charge in [0, 0.05) is 24.4 Å². The molecule has 29 heavy (non-hydrogen) atoms. The molecular formula is C24H32N4O. The maximum Gasteiger partial charge on any atom is 0.220 e. The summed E-state index contributed by atoms with van der Waals surface area (Å²) in [7, 11) is 4.13. The summed E-state index contributed by atoms with van der Waals surface area (Å²) in [6.45, 7) is 4.99. The lowest BCUT2D eigenvalue weighted by Gasteiger charge is -2.26. The van der Waals surface area contributed by atoms with Crippen molar-refractivity contribution < 1.29 is 4.79 Å². The molecule has 0 aliphatic rings. The molecule has 1 amide bonds. The van der Waals surface area contributed by atoms with Gasteiger partial charge in [-0.05, 0) is 55.6 Å². The van der Waals surface area contributed by atoms with Gasteiger partial charge in [-0.25, -0.2) is 0 Å². The normalized spacial score (nSPS) is 13.7. The molecule has 0 radical (unpaired) electrons. The topological polar surface area (TPSA) is 61.0 Å². The van der Waals surface area contributed by atoms with Crippen molar-refractivity contribution in [1.82, 2.24) is 20.4 Å². The summed E-state index contributed by atoms with van der Waals surface area (Å²) in [4.78, 5) is 14.9. The number of benzene rings is 2. The summed E-state index contributed by atoms with van der Waals surface area (Å²) in [5.41, 5.74) is 3.52. The van der Waals surface area contributed by atoms with Gasteiger partial charge in [-0.2, -0.15) is 5.10 Å². The van der Waals surface area contributed by atoms with Crippen molar-refractivity contribution in [3.8, 4) is 0 Å². The van der Waals surface area contributed by atoms with E-state index >= 15 is 0 Å². The van der Waals surface area contributed by atoms with Gasteiger partial charge < -0.3 is 10.2 Å². The molecule has 1 aromatic heterocycles. The quantitative estimate of drug-likeness (QED) is 0.579. The third-order valence-electron chi connectivity index (χ3n) is 5.68. The van der Waals surface area contributed by atoms with E-state index in [-0.39, 0.29) is 17.9 Å². The average molecular weight is 393 g/mol. The minimum atomic E-state index is 0.115. The van der Waals surface area contributed by atoms with Crippen LogP contribution in [0.2, 0.25) is 0 Å². The minimum absolute atomic E-state index is 0.115. The number of carbonyl (C=O) groups is 1. The number of fused-ring (bicyclic) bond motifs is 1. The van der Waals surface area contributed by atoms with E-state index in [4.69, 9.17) is 0 Å². The van der Waals surface area contributed by atoms with Crippen LogP contribution in [-0.4, -0.2) is 47.7 Å². The zero-order chi connectivity index (χ0) is 20.8. The summed E-state index contributed by atoms with van der Waals surface area (Å²) in [6.07, 6.45) is 3.24. The largest absolute Gasteiger partial charge is 0.355 e. The molecule has 0 aliphatic heterocycles. The lowest BCUT2D eigenvalue weighted by atomic mass is 9.85. The van der Waals surface area contributed by atoms with Crippen LogP contribution in [0, 0.1) is 5.92 Å². The summed E-state index contributed by atoms with van der Waals surface area (Å²) in [6, 6.07) is 16.9. The molecular weight excluding hydrogens is 360 g/mol. The fourth-order valence-corrected chi connectivity index (χ4v) is 3.77. The second-order valence-corrected chi connectivity index (χ2v) is 8.38. The SMILES string of the molecule is CC(C)C(CC(=O)NCC(Cc1ccc2[nH]ncc2c1)N(C)C)c1ccccc1. The number of nitrogens with one attached hydrogen (secondary N) is 2. The highest BCUT2D eigenvalue weighted by molar-refractivity contribution is 5.78. The standard InChI is InChI=1S/C24H32N4O/c1-17(2)22(19-8-6-5-7-9-19)14-24(29)25-16-21(28(3)4)13-18-10-11-23-20(12-18)15-26-27-23/h5-12,15,17,21-22H,13-14,16H2,1-4H3,(H,25,29)(H,26,27). The van der Waals surface area contributed by atoms with Gasteiger partial charge in [0.2, 0.25) is 5.91 Å². The lowest BCUT2D eigenvalue weighted by Crippen LogP contribution is -2.42. The van der Waals surface area contributed by atoms with Crippen LogP contribution in [0.1, 0.15) is 37.3 Å². The molecule has 0 bridgehead atoms. The number of H-pyrrole nitrogens is 1. The number of hydrogen-bond acceptors (Lipinski definition) is 3. The Bertz CT molecular complexity index is 917. The highest BCUT2D eigenvalue weighted by Gasteiger charge is 2.21. The van der Waals surface area contributed by atoms with Crippen LogP contribution < -0.4 is 5.32 Å². The predicted octanol–water partition coefficient (Wildman–Crippen LogP) is 3.98. The van der Waals surface area contributed by atoms with Crippen molar-refractivity contribution in [2.24, 2.45) is 5.92 Å². The van der Waals surface area contributed by atoms with E-state index in [1.165, 1.54) is 11.1 Å². The Balaban J connectivity index is 1.59. The fourth-order valence-electron chi connectivity index (χ4n) is 3.77. The van der Waals surface area contributed by atoms with Crippen LogP contribution in [0.15, 0.2) is 54.7 Å². The first-order valence-electron chi connectivity index (χ1n) is 10.3. The number of amides is 1. The Labute approximate surface area is 173 Å². The van der Waals surface area contributed by atoms with Crippen LogP contribution in [0.3, 0.4) is 0 Å². The van der Waals surface area contributed by atoms with E-state index in [0.717, 1.165) is 17.3 Å². The Hall–Kier alpha value is -2.66. The zero-order valence-electron chi connectivity index (χ0n) is 17.9. The Kier molecular flexibility index (Phi) is 7.04. The summed E-state index contributed by atoms with van der Waals surface area (Å²) in [5, 5.41) is 11.4. The van der Waals surface area contributed by atoms with Crippen LogP contribution in [0.5, 0.6) is 0 Å². The molecule has 5 heteroatoms. The number of aromatic nitrogens is 2. The van der Waals surface area contributed by atoms with Crippen molar-refractivity contribution in [3.63, 3.8) is 0 Å². The molecule has 1 heterocycles. The molecule has 0 fully saturated rings. The number of carbonyl (C=O) groups excluding carboxylic acids is 1. The number of likely N-dealkylation sites (N-methyl/N-ethyl adjacent to an activating group) is 1.